The van der Waals surface area contributed by atoms with Gasteiger partial charge in [-0.3, -0.25) is 15.5 Å². The van der Waals surface area contributed by atoms with E-state index in [1.165, 1.54) is 24.4 Å². The van der Waals surface area contributed by atoms with Crippen LogP contribution in [-0.2, 0) is 10.0 Å². The highest BCUT2D eigenvalue weighted by molar-refractivity contribution is 7.92. The van der Waals surface area contributed by atoms with E-state index in [1.807, 2.05) is 0 Å². The summed E-state index contributed by atoms with van der Waals surface area (Å²) in [5, 5.41) is 0. The minimum atomic E-state index is -3.91. The summed E-state index contributed by atoms with van der Waals surface area (Å²) in [5.41, 5.74) is 3.02. The summed E-state index contributed by atoms with van der Waals surface area (Å²) < 4.78 is 40.1. The minimum Gasteiger partial charge on any atom is -0.323 e. The highest BCUT2D eigenvalue weighted by atomic mass is 32.2. The van der Waals surface area contributed by atoms with E-state index >= 15 is 0 Å². The Morgan fingerprint density at radius 1 is 1.30 bits per heavy atom. The number of benzene rings is 1. The molecule has 0 aliphatic carbocycles. The fourth-order valence-corrected chi connectivity index (χ4v) is 2.74. The van der Waals surface area contributed by atoms with Crippen LogP contribution in [0.2, 0.25) is 0 Å². The van der Waals surface area contributed by atoms with Gasteiger partial charge in [-0.2, -0.15) is 0 Å². The molecule has 1 aromatic heterocycles. The number of pyridine rings is 1. The van der Waals surface area contributed by atoms with Gasteiger partial charge in [-0.1, -0.05) is 6.07 Å². The Morgan fingerprint density at radius 3 is 2.70 bits per heavy atom. The molecular weight excluding hydrogens is 283 g/mol. The van der Waals surface area contributed by atoms with Crippen LogP contribution in [0.5, 0.6) is 0 Å². The number of nitrogen functional groups attached to an aromatic ring is 1. The first-order chi connectivity index (χ1) is 9.44. The van der Waals surface area contributed by atoms with Crippen LogP contribution >= 0.6 is 0 Å². The Balaban J connectivity index is 2.38. The van der Waals surface area contributed by atoms with E-state index < -0.39 is 15.8 Å². The van der Waals surface area contributed by atoms with Crippen LogP contribution in [0.15, 0.2) is 41.6 Å². The smallest absolute Gasteiger partial charge is 0.265 e. The van der Waals surface area contributed by atoms with Crippen LogP contribution in [0.25, 0.3) is 0 Å². The van der Waals surface area contributed by atoms with Gasteiger partial charge in [-0.05, 0) is 30.7 Å². The van der Waals surface area contributed by atoms with Crippen molar-refractivity contribution in [1.29, 1.82) is 0 Å². The van der Waals surface area contributed by atoms with Gasteiger partial charge >= 0.3 is 0 Å². The fourth-order valence-electron chi connectivity index (χ4n) is 1.58. The normalized spacial score (nSPS) is 11.2. The molecule has 20 heavy (non-hydrogen) atoms. The second-order valence-corrected chi connectivity index (χ2v) is 5.74. The number of hydrogen-bond acceptors (Lipinski definition) is 5. The molecule has 8 heteroatoms. The molecule has 0 saturated heterocycles. The number of halogens is 1. The lowest BCUT2D eigenvalue weighted by Gasteiger charge is -2.11. The number of anilines is 2. The summed E-state index contributed by atoms with van der Waals surface area (Å²) in [5.74, 6) is 4.76. The van der Waals surface area contributed by atoms with Crippen LogP contribution in [0.3, 0.4) is 0 Å². The first-order valence-corrected chi connectivity index (χ1v) is 7.12. The number of hydrogen-bond donors (Lipinski definition) is 3. The van der Waals surface area contributed by atoms with Gasteiger partial charge in [-0.15, -0.1) is 0 Å². The molecule has 6 nitrogen and oxygen atoms in total. The average Bonchev–Trinajstić information content (AvgIpc) is 2.42. The minimum absolute atomic E-state index is 0.122. The molecule has 0 atom stereocenters. The molecule has 0 amide bonds. The van der Waals surface area contributed by atoms with Crippen molar-refractivity contribution in [3.8, 4) is 0 Å². The fraction of sp³-hybridized carbons (Fsp3) is 0.0833. The molecule has 2 aromatic rings. The highest BCUT2D eigenvalue weighted by Gasteiger charge is 2.19. The van der Waals surface area contributed by atoms with Gasteiger partial charge in [0.25, 0.3) is 10.0 Å². The number of nitrogens with one attached hydrogen (secondary N) is 2. The number of nitrogens with zero attached hydrogens (tertiary/aromatic N) is 1. The largest absolute Gasteiger partial charge is 0.323 e. The lowest BCUT2D eigenvalue weighted by atomic mass is 10.2. The number of aromatic nitrogens is 1. The topological polar surface area (TPSA) is 97.1 Å². The van der Waals surface area contributed by atoms with E-state index in [0.717, 1.165) is 12.3 Å². The molecule has 0 radical (unpaired) electrons. The molecule has 0 fully saturated rings. The van der Waals surface area contributed by atoms with Crippen LogP contribution in [0.4, 0.5) is 15.8 Å². The predicted octanol–water partition coefficient (Wildman–Crippen LogP) is 1.62. The van der Waals surface area contributed by atoms with Crippen LogP contribution < -0.4 is 16.0 Å². The molecule has 0 spiro atoms. The third kappa shape index (κ3) is 2.86. The number of sulfonamides is 1. The van der Waals surface area contributed by atoms with Gasteiger partial charge in [0.1, 0.15) is 10.7 Å². The van der Waals surface area contributed by atoms with Crippen molar-refractivity contribution in [3.63, 3.8) is 0 Å². The highest BCUT2D eigenvalue weighted by Crippen LogP contribution is 2.22. The Hall–Kier alpha value is -2.19. The number of aryl methyl sites for hydroxylation is 1. The molecule has 1 aromatic carbocycles. The Morgan fingerprint density at radius 2 is 2.05 bits per heavy atom. The van der Waals surface area contributed by atoms with E-state index in [4.69, 9.17) is 5.84 Å². The SMILES string of the molecule is Cc1ccc(NS(=O)(=O)c2cnccc2NN)cc1F. The lowest BCUT2D eigenvalue weighted by molar-refractivity contribution is 0.600. The van der Waals surface area contributed by atoms with Gasteiger partial charge in [0.15, 0.2) is 0 Å². The summed E-state index contributed by atoms with van der Waals surface area (Å²) in [6.07, 6.45) is 2.56. The van der Waals surface area contributed by atoms with Gasteiger partial charge in [-0.25, -0.2) is 12.8 Å². The Labute approximate surface area is 115 Å². The maximum absolute atomic E-state index is 13.4. The summed E-state index contributed by atoms with van der Waals surface area (Å²) >= 11 is 0. The third-order valence-electron chi connectivity index (χ3n) is 2.65. The monoisotopic (exact) mass is 296 g/mol. The van der Waals surface area contributed by atoms with Gasteiger partial charge in [0.05, 0.1) is 11.4 Å². The summed E-state index contributed by atoms with van der Waals surface area (Å²) in [6, 6.07) is 5.49. The number of hydrazine groups is 1. The molecule has 0 bridgehead atoms. The first kappa shape index (κ1) is 14.2. The molecule has 0 unspecified atom stereocenters. The van der Waals surface area contributed by atoms with E-state index in [9.17, 15) is 12.8 Å². The van der Waals surface area contributed by atoms with Gasteiger partial charge < -0.3 is 5.43 Å². The van der Waals surface area contributed by atoms with Crippen molar-refractivity contribution in [3.05, 3.63) is 48.0 Å². The zero-order chi connectivity index (χ0) is 14.8. The predicted molar refractivity (Wildman–Crippen MR) is 74.0 cm³/mol. The molecule has 0 aliphatic heterocycles. The molecule has 1 heterocycles. The van der Waals surface area contributed by atoms with Crippen molar-refractivity contribution in [1.82, 2.24) is 4.98 Å². The second kappa shape index (κ2) is 5.43. The van der Waals surface area contributed by atoms with Crippen LogP contribution in [-0.4, -0.2) is 13.4 Å². The zero-order valence-corrected chi connectivity index (χ0v) is 11.4. The first-order valence-electron chi connectivity index (χ1n) is 5.63. The summed E-state index contributed by atoms with van der Waals surface area (Å²) in [4.78, 5) is 3.62. The second-order valence-electron chi connectivity index (χ2n) is 4.09. The van der Waals surface area contributed by atoms with E-state index in [-0.39, 0.29) is 16.3 Å². The lowest BCUT2D eigenvalue weighted by Crippen LogP contribution is -2.18. The quantitative estimate of drug-likeness (QED) is 0.588. The molecule has 106 valence electrons. The van der Waals surface area contributed by atoms with E-state index in [2.05, 4.69) is 15.1 Å². The Bertz CT molecular complexity index is 734. The number of nitrogens with two attached hydrogens (primary N) is 1. The maximum Gasteiger partial charge on any atom is 0.265 e. The van der Waals surface area contributed by atoms with E-state index in [0.29, 0.717) is 5.56 Å². The molecule has 0 aliphatic rings. The van der Waals surface area contributed by atoms with Crippen molar-refractivity contribution in [2.45, 2.75) is 11.8 Å². The third-order valence-corrected chi connectivity index (χ3v) is 4.06. The zero-order valence-electron chi connectivity index (χ0n) is 10.6. The molecule has 4 N–H and O–H groups in total. The molecular formula is C12H13FN4O2S. The average molecular weight is 296 g/mol. The Kier molecular flexibility index (Phi) is 3.86. The maximum atomic E-state index is 13.4. The van der Waals surface area contributed by atoms with E-state index in [1.54, 1.807) is 6.92 Å². The van der Waals surface area contributed by atoms with Crippen LogP contribution in [0.1, 0.15) is 5.56 Å². The standard InChI is InChI=1S/C12H13FN4O2S/c1-8-2-3-9(6-10(8)13)17-20(18,19)12-7-15-5-4-11(12)16-14/h2-7,17H,14H2,1H3,(H,15,16). The van der Waals surface area contributed by atoms with Crippen molar-refractivity contribution in [2.24, 2.45) is 5.84 Å². The van der Waals surface area contributed by atoms with Crippen molar-refractivity contribution >= 4 is 21.4 Å². The summed E-state index contributed by atoms with van der Waals surface area (Å²) in [7, 11) is -3.91. The van der Waals surface area contributed by atoms with Gasteiger partial charge in [0.2, 0.25) is 0 Å². The van der Waals surface area contributed by atoms with Crippen molar-refractivity contribution < 1.29 is 12.8 Å². The molecule has 2 rings (SSSR count). The van der Waals surface area contributed by atoms with Crippen molar-refractivity contribution in [2.75, 3.05) is 10.1 Å². The molecule has 0 saturated carbocycles. The summed E-state index contributed by atoms with van der Waals surface area (Å²) in [6.45, 7) is 1.59. The van der Waals surface area contributed by atoms with Crippen LogP contribution in [0, 0.1) is 12.7 Å². The van der Waals surface area contributed by atoms with Gasteiger partial charge in [0, 0.05) is 12.4 Å². The number of rotatable bonds is 4.